The number of H-pyrrole nitrogens is 1. The first kappa shape index (κ1) is 10.1. The highest BCUT2D eigenvalue weighted by atomic mass is 15.2. The molecule has 0 fully saturated rings. The molecule has 3 nitrogen and oxygen atoms in total. The van der Waals surface area contributed by atoms with Crippen molar-refractivity contribution in [3.63, 3.8) is 0 Å². The lowest BCUT2D eigenvalue weighted by Crippen LogP contribution is -2.26. The Labute approximate surface area is 79.9 Å². The molecule has 0 aromatic carbocycles. The predicted octanol–water partition coefficient (Wildman–Crippen LogP) is 2.65. The summed E-state index contributed by atoms with van der Waals surface area (Å²) in [6.45, 7) is 6.71. The first-order chi connectivity index (χ1) is 6.27. The van der Waals surface area contributed by atoms with Gasteiger partial charge in [-0.3, -0.25) is 5.10 Å². The highest BCUT2D eigenvalue weighted by molar-refractivity contribution is 5.33. The van der Waals surface area contributed by atoms with Gasteiger partial charge in [0.1, 0.15) is 5.82 Å². The fourth-order valence-electron chi connectivity index (χ4n) is 1.47. The smallest absolute Gasteiger partial charge is 0.121 e. The molecule has 1 heterocycles. The molecule has 3 heteroatoms. The van der Waals surface area contributed by atoms with E-state index in [1.165, 1.54) is 6.42 Å². The number of anilines is 1. The van der Waals surface area contributed by atoms with Crippen LogP contribution in [0.15, 0.2) is 12.3 Å². The van der Waals surface area contributed by atoms with E-state index in [2.05, 4.69) is 36.3 Å². The van der Waals surface area contributed by atoms with Crippen molar-refractivity contribution in [3.05, 3.63) is 12.3 Å². The van der Waals surface area contributed by atoms with E-state index in [9.17, 15) is 0 Å². The van der Waals surface area contributed by atoms with Gasteiger partial charge in [-0.2, -0.15) is 5.10 Å². The Morgan fingerprint density at radius 2 is 2.23 bits per heavy atom. The Bertz CT molecular complexity index is 218. The third-order valence-corrected chi connectivity index (χ3v) is 2.61. The minimum Gasteiger partial charge on any atom is -0.367 e. The van der Waals surface area contributed by atoms with E-state index >= 15 is 0 Å². The molecule has 0 aliphatic carbocycles. The van der Waals surface area contributed by atoms with Gasteiger partial charge in [-0.25, -0.2) is 0 Å². The van der Waals surface area contributed by atoms with E-state index in [0.29, 0.717) is 12.0 Å². The first-order valence-electron chi connectivity index (χ1n) is 5.03. The van der Waals surface area contributed by atoms with Gasteiger partial charge < -0.3 is 5.32 Å². The molecule has 0 bridgehead atoms. The molecular weight excluding hydrogens is 162 g/mol. The van der Waals surface area contributed by atoms with Crippen LogP contribution in [0, 0.1) is 5.92 Å². The summed E-state index contributed by atoms with van der Waals surface area (Å²) in [4.78, 5) is 0. The van der Waals surface area contributed by atoms with Crippen LogP contribution in [0.2, 0.25) is 0 Å². The third-order valence-electron chi connectivity index (χ3n) is 2.61. The summed E-state index contributed by atoms with van der Waals surface area (Å²) in [7, 11) is 0. The maximum absolute atomic E-state index is 3.91. The molecule has 0 aliphatic rings. The van der Waals surface area contributed by atoms with Gasteiger partial charge in [0.15, 0.2) is 0 Å². The van der Waals surface area contributed by atoms with Gasteiger partial charge in [0, 0.05) is 6.04 Å². The molecule has 0 amide bonds. The van der Waals surface area contributed by atoms with E-state index in [1.807, 2.05) is 6.07 Å². The molecule has 0 spiro atoms. The summed E-state index contributed by atoms with van der Waals surface area (Å²) in [6.07, 6.45) is 4.12. The number of aromatic nitrogens is 2. The zero-order valence-corrected chi connectivity index (χ0v) is 8.67. The molecule has 74 valence electrons. The highest BCUT2D eigenvalue weighted by Crippen LogP contribution is 2.15. The Morgan fingerprint density at radius 3 is 2.69 bits per heavy atom. The van der Waals surface area contributed by atoms with Crippen molar-refractivity contribution in [2.45, 2.75) is 39.7 Å². The normalized spacial score (nSPS) is 15.3. The number of nitrogens with one attached hydrogen (secondary N) is 2. The quantitative estimate of drug-likeness (QED) is 0.733. The topological polar surface area (TPSA) is 40.7 Å². The lowest BCUT2D eigenvalue weighted by atomic mass is 9.97. The standard InChI is InChI=1S/C10H19N3/c1-4-8(3)9(5-2)12-10-6-7-11-13-10/h6-9H,4-5H2,1-3H3,(H2,11,12,13). The first-order valence-corrected chi connectivity index (χ1v) is 5.03. The average molecular weight is 181 g/mol. The van der Waals surface area contributed by atoms with Gasteiger partial charge in [0.25, 0.3) is 0 Å². The Balaban J connectivity index is 2.49. The number of hydrogen-bond donors (Lipinski definition) is 2. The maximum atomic E-state index is 3.91. The third kappa shape index (κ3) is 2.76. The SMILES string of the molecule is CCC(C)C(CC)Nc1ccn[nH]1. The van der Waals surface area contributed by atoms with Gasteiger partial charge in [0.2, 0.25) is 0 Å². The second-order valence-corrected chi connectivity index (χ2v) is 3.51. The molecule has 1 rings (SSSR count). The van der Waals surface area contributed by atoms with Crippen LogP contribution in [0.3, 0.4) is 0 Å². The van der Waals surface area contributed by atoms with E-state index < -0.39 is 0 Å². The fraction of sp³-hybridized carbons (Fsp3) is 0.700. The van der Waals surface area contributed by atoms with E-state index in [0.717, 1.165) is 12.2 Å². The Morgan fingerprint density at radius 1 is 1.46 bits per heavy atom. The van der Waals surface area contributed by atoms with Crippen LogP contribution in [0.1, 0.15) is 33.6 Å². The summed E-state index contributed by atoms with van der Waals surface area (Å²) >= 11 is 0. The molecule has 0 aliphatic heterocycles. The summed E-state index contributed by atoms with van der Waals surface area (Å²) in [5, 5.41) is 10.3. The molecule has 13 heavy (non-hydrogen) atoms. The van der Waals surface area contributed by atoms with Crippen LogP contribution in [0.4, 0.5) is 5.82 Å². The minimum atomic E-state index is 0.547. The molecule has 2 N–H and O–H groups in total. The molecule has 1 aromatic rings. The lowest BCUT2D eigenvalue weighted by Gasteiger charge is -2.22. The predicted molar refractivity (Wildman–Crippen MR) is 55.7 cm³/mol. The Hall–Kier alpha value is -0.990. The van der Waals surface area contributed by atoms with Crippen molar-refractivity contribution in [1.82, 2.24) is 10.2 Å². The van der Waals surface area contributed by atoms with Crippen LogP contribution in [0.5, 0.6) is 0 Å². The van der Waals surface area contributed by atoms with E-state index in [4.69, 9.17) is 0 Å². The molecule has 2 atom stereocenters. The van der Waals surface area contributed by atoms with E-state index in [1.54, 1.807) is 6.20 Å². The number of aromatic amines is 1. The molecule has 2 unspecified atom stereocenters. The molecule has 0 radical (unpaired) electrons. The number of nitrogens with zero attached hydrogens (tertiary/aromatic N) is 1. The summed E-state index contributed by atoms with van der Waals surface area (Å²) in [5.41, 5.74) is 0. The van der Waals surface area contributed by atoms with Crippen LogP contribution in [0.25, 0.3) is 0 Å². The zero-order valence-electron chi connectivity index (χ0n) is 8.67. The minimum absolute atomic E-state index is 0.547. The second kappa shape index (κ2) is 4.90. The molecule has 0 saturated heterocycles. The second-order valence-electron chi connectivity index (χ2n) is 3.51. The van der Waals surface area contributed by atoms with Gasteiger partial charge in [-0.15, -0.1) is 0 Å². The zero-order chi connectivity index (χ0) is 9.68. The highest BCUT2D eigenvalue weighted by Gasteiger charge is 2.13. The van der Waals surface area contributed by atoms with Gasteiger partial charge in [-0.1, -0.05) is 27.2 Å². The largest absolute Gasteiger partial charge is 0.367 e. The lowest BCUT2D eigenvalue weighted by molar-refractivity contribution is 0.457. The van der Waals surface area contributed by atoms with Gasteiger partial charge >= 0.3 is 0 Å². The van der Waals surface area contributed by atoms with Crippen molar-refractivity contribution in [2.75, 3.05) is 5.32 Å². The fourth-order valence-corrected chi connectivity index (χ4v) is 1.47. The van der Waals surface area contributed by atoms with Crippen LogP contribution in [-0.4, -0.2) is 16.2 Å². The van der Waals surface area contributed by atoms with Crippen molar-refractivity contribution in [1.29, 1.82) is 0 Å². The maximum Gasteiger partial charge on any atom is 0.121 e. The van der Waals surface area contributed by atoms with Gasteiger partial charge in [-0.05, 0) is 18.4 Å². The molecular formula is C10H19N3. The summed E-state index contributed by atoms with van der Waals surface area (Å²) < 4.78 is 0. The van der Waals surface area contributed by atoms with Crippen molar-refractivity contribution >= 4 is 5.82 Å². The monoisotopic (exact) mass is 181 g/mol. The van der Waals surface area contributed by atoms with Gasteiger partial charge in [0.05, 0.1) is 6.20 Å². The van der Waals surface area contributed by atoms with Crippen LogP contribution in [-0.2, 0) is 0 Å². The Kier molecular flexibility index (Phi) is 3.80. The summed E-state index contributed by atoms with van der Waals surface area (Å²) in [6, 6.07) is 2.51. The van der Waals surface area contributed by atoms with Crippen LogP contribution >= 0.6 is 0 Å². The summed E-state index contributed by atoms with van der Waals surface area (Å²) in [5.74, 6) is 1.72. The average Bonchev–Trinajstić information content (AvgIpc) is 2.65. The number of hydrogen-bond acceptors (Lipinski definition) is 2. The van der Waals surface area contributed by atoms with Crippen LogP contribution < -0.4 is 5.32 Å². The van der Waals surface area contributed by atoms with Crippen molar-refractivity contribution in [3.8, 4) is 0 Å². The molecule has 0 saturated carbocycles. The van der Waals surface area contributed by atoms with E-state index in [-0.39, 0.29) is 0 Å². The molecule has 1 aromatic heterocycles. The van der Waals surface area contributed by atoms with Crippen molar-refractivity contribution < 1.29 is 0 Å². The van der Waals surface area contributed by atoms with Crippen molar-refractivity contribution in [2.24, 2.45) is 5.92 Å². The number of rotatable bonds is 5.